The molecule has 0 saturated heterocycles. The molecular formula is C13H19NOS. The van der Waals surface area contributed by atoms with E-state index in [1.165, 1.54) is 0 Å². The summed E-state index contributed by atoms with van der Waals surface area (Å²) in [6.45, 7) is 3.77. The van der Waals surface area contributed by atoms with Crippen molar-refractivity contribution in [3.63, 3.8) is 0 Å². The minimum atomic E-state index is 0.114. The molecule has 3 heteroatoms. The number of hydrogen-bond donors (Lipinski definition) is 1. The second-order valence-corrected chi connectivity index (χ2v) is 4.75. The van der Waals surface area contributed by atoms with Crippen molar-refractivity contribution in [3.8, 4) is 0 Å². The molecule has 0 saturated carbocycles. The zero-order valence-corrected chi connectivity index (χ0v) is 10.9. The first-order chi connectivity index (χ1) is 7.67. The number of thioether (sulfide) groups is 1. The van der Waals surface area contributed by atoms with Gasteiger partial charge >= 0.3 is 0 Å². The average Bonchev–Trinajstić information content (AvgIpc) is 2.29. The van der Waals surface area contributed by atoms with Crippen molar-refractivity contribution in [2.45, 2.75) is 26.3 Å². The van der Waals surface area contributed by atoms with Gasteiger partial charge in [0.2, 0.25) is 0 Å². The van der Waals surface area contributed by atoms with Gasteiger partial charge in [0.15, 0.2) is 5.78 Å². The highest BCUT2D eigenvalue weighted by molar-refractivity contribution is 7.98. The summed E-state index contributed by atoms with van der Waals surface area (Å²) in [6, 6.07) is 8.19. The zero-order valence-electron chi connectivity index (χ0n) is 10.1. The lowest BCUT2D eigenvalue weighted by Gasteiger charge is -2.17. The monoisotopic (exact) mass is 237 g/mol. The van der Waals surface area contributed by atoms with E-state index < -0.39 is 0 Å². The van der Waals surface area contributed by atoms with Crippen LogP contribution in [0.4, 0.5) is 5.69 Å². The maximum absolute atomic E-state index is 11.1. The fraction of sp³-hybridized carbons (Fsp3) is 0.462. The summed E-state index contributed by atoms with van der Waals surface area (Å²) in [4.78, 5) is 11.1. The zero-order chi connectivity index (χ0) is 12.0. The van der Waals surface area contributed by atoms with Gasteiger partial charge in [-0.15, -0.1) is 0 Å². The van der Waals surface area contributed by atoms with Crippen LogP contribution in [0, 0.1) is 0 Å². The van der Waals surface area contributed by atoms with Crippen molar-refractivity contribution in [1.82, 2.24) is 0 Å². The number of ketones is 1. The van der Waals surface area contributed by atoms with Crippen molar-refractivity contribution in [1.29, 1.82) is 0 Å². The van der Waals surface area contributed by atoms with E-state index in [1.807, 2.05) is 36.0 Å². The second kappa shape index (κ2) is 6.59. The standard InChI is InChI=1S/C13H19NOS/c1-4-12(9-16-3)14-13-7-5-11(6-8-13)10(2)15/h5-8,12,14H,4,9H2,1-3H3. The van der Waals surface area contributed by atoms with Crippen LogP contribution >= 0.6 is 11.8 Å². The Bertz CT molecular complexity index is 334. The molecule has 88 valence electrons. The van der Waals surface area contributed by atoms with Crippen LogP contribution in [-0.2, 0) is 0 Å². The van der Waals surface area contributed by atoms with E-state index >= 15 is 0 Å². The number of nitrogens with one attached hydrogen (secondary N) is 1. The van der Waals surface area contributed by atoms with Crippen molar-refractivity contribution >= 4 is 23.2 Å². The van der Waals surface area contributed by atoms with Crippen LogP contribution in [-0.4, -0.2) is 23.8 Å². The highest BCUT2D eigenvalue weighted by atomic mass is 32.2. The molecule has 2 nitrogen and oxygen atoms in total. The Balaban J connectivity index is 2.63. The molecular weight excluding hydrogens is 218 g/mol. The molecule has 0 spiro atoms. The Hall–Kier alpha value is -0.960. The average molecular weight is 237 g/mol. The molecule has 0 heterocycles. The molecule has 1 unspecified atom stereocenters. The van der Waals surface area contributed by atoms with E-state index in [-0.39, 0.29) is 5.78 Å². The summed E-state index contributed by atoms with van der Waals surface area (Å²) in [7, 11) is 0. The third-order valence-electron chi connectivity index (χ3n) is 2.52. The summed E-state index contributed by atoms with van der Waals surface area (Å²) in [5.41, 5.74) is 1.86. The first-order valence-electron chi connectivity index (χ1n) is 5.53. The number of carbonyl (C=O) groups is 1. The Labute approximate surface area is 102 Å². The van der Waals surface area contributed by atoms with E-state index in [0.717, 1.165) is 23.4 Å². The number of rotatable bonds is 6. The highest BCUT2D eigenvalue weighted by Gasteiger charge is 2.05. The Kier molecular flexibility index (Phi) is 5.39. The lowest BCUT2D eigenvalue weighted by atomic mass is 10.1. The molecule has 0 radical (unpaired) electrons. The summed E-state index contributed by atoms with van der Waals surface area (Å²) >= 11 is 1.84. The van der Waals surface area contributed by atoms with Crippen LogP contribution in [0.2, 0.25) is 0 Å². The summed E-state index contributed by atoms with van der Waals surface area (Å²) < 4.78 is 0. The molecule has 0 bridgehead atoms. The summed E-state index contributed by atoms with van der Waals surface area (Å²) in [5.74, 6) is 1.22. The molecule has 0 fully saturated rings. The predicted molar refractivity (Wildman–Crippen MR) is 72.5 cm³/mol. The molecule has 1 aromatic rings. The normalized spacial score (nSPS) is 12.2. The van der Waals surface area contributed by atoms with Crippen molar-refractivity contribution < 1.29 is 4.79 Å². The van der Waals surface area contributed by atoms with Gasteiger partial charge in [0.1, 0.15) is 0 Å². The van der Waals surface area contributed by atoms with Crippen LogP contribution in [0.3, 0.4) is 0 Å². The van der Waals surface area contributed by atoms with Crippen LogP contribution in [0.15, 0.2) is 24.3 Å². The number of carbonyl (C=O) groups excluding carboxylic acids is 1. The minimum absolute atomic E-state index is 0.114. The van der Waals surface area contributed by atoms with E-state index in [4.69, 9.17) is 0 Å². The molecule has 1 aromatic carbocycles. The molecule has 0 aliphatic rings. The van der Waals surface area contributed by atoms with Crippen molar-refractivity contribution in [2.75, 3.05) is 17.3 Å². The molecule has 16 heavy (non-hydrogen) atoms. The fourth-order valence-electron chi connectivity index (χ4n) is 1.50. The van der Waals surface area contributed by atoms with Crippen molar-refractivity contribution in [3.05, 3.63) is 29.8 Å². The van der Waals surface area contributed by atoms with Gasteiger partial charge in [-0.3, -0.25) is 4.79 Å². The van der Waals surface area contributed by atoms with Gasteiger partial charge in [-0.1, -0.05) is 6.92 Å². The molecule has 0 amide bonds. The van der Waals surface area contributed by atoms with Crippen LogP contribution < -0.4 is 5.32 Å². The highest BCUT2D eigenvalue weighted by Crippen LogP contribution is 2.14. The molecule has 0 aliphatic carbocycles. The van der Waals surface area contributed by atoms with Crippen LogP contribution in [0.25, 0.3) is 0 Å². The smallest absolute Gasteiger partial charge is 0.159 e. The second-order valence-electron chi connectivity index (χ2n) is 3.84. The Morgan fingerprint density at radius 1 is 1.38 bits per heavy atom. The predicted octanol–water partition coefficient (Wildman–Crippen LogP) is 3.44. The molecule has 1 rings (SSSR count). The Morgan fingerprint density at radius 3 is 2.44 bits per heavy atom. The van der Waals surface area contributed by atoms with Gasteiger partial charge in [0.05, 0.1) is 0 Å². The number of hydrogen-bond acceptors (Lipinski definition) is 3. The lowest BCUT2D eigenvalue weighted by molar-refractivity contribution is 0.101. The lowest BCUT2D eigenvalue weighted by Crippen LogP contribution is -2.20. The topological polar surface area (TPSA) is 29.1 Å². The first kappa shape index (κ1) is 13.1. The summed E-state index contributed by atoms with van der Waals surface area (Å²) in [5, 5.41) is 3.46. The molecule has 1 N–H and O–H groups in total. The quantitative estimate of drug-likeness (QED) is 0.768. The van der Waals surface area contributed by atoms with E-state index in [1.54, 1.807) is 6.92 Å². The maximum atomic E-state index is 11.1. The van der Waals surface area contributed by atoms with Crippen molar-refractivity contribution in [2.24, 2.45) is 0 Å². The van der Waals surface area contributed by atoms with Gasteiger partial charge in [-0.25, -0.2) is 0 Å². The summed E-state index contributed by atoms with van der Waals surface area (Å²) in [6.07, 6.45) is 3.22. The van der Waals surface area contributed by atoms with Gasteiger partial charge in [0, 0.05) is 23.0 Å². The van der Waals surface area contributed by atoms with Gasteiger partial charge in [0.25, 0.3) is 0 Å². The van der Waals surface area contributed by atoms with Gasteiger partial charge in [-0.2, -0.15) is 11.8 Å². The number of benzene rings is 1. The third-order valence-corrected chi connectivity index (χ3v) is 3.26. The van der Waals surface area contributed by atoms with Crippen LogP contribution in [0.5, 0.6) is 0 Å². The molecule has 1 atom stereocenters. The van der Waals surface area contributed by atoms with E-state index in [2.05, 4.69) is 18.5 Å². The third kappa shape index (κ3) is 3.89. The SMILES string of the molecule is CCC(CSC)Nc1ccc(C(C)=O)cc1. The fourth-order valence-corrected chi connectivity index (χ4v) is 2.22. The maximum Gasteiger partial charge on any atom is 0.159 e. The Morgan fingerprint density at radius 2 is 2.00 bits per heavy atom. The van der Waals surface area contributed by atoms with E-state index in [0.29, 0.717) is 6.04 Å². The number of Topliss-reactive ketones (excluding diaryl/α,β-unsaturated/α-hetero) is 1. The van der Waals surface area contributed by atoms with E-state index in [9.17, 15) is 4.79 Å². The van der Waals surface area contributed by atoms with Crippen LogP contribution in [0.1, 0.15) is 30.6 Å². The molecule has 0 aromatic heterocycles. The van der Waals surface area contributed by atoms with Gasteiger partial charge < -0.3 is 5.32 Å². The first-order valence-corrected chi connectivity index (χ1v) is 6.93. The number of anilines is 1. The minimum Gasteiger partial charge on any atom is -0.381 e. The molecule has 0 aliphatic heterocycles. The largest absolute Gasteiger partial charge is 0.381 e. The van der Waals surface area contributed by atoms with Gasteiger partial charge in [-0.05, 0) is 43.9 Å².